The SMILES string of the molecule is CC1C2CC1C2C(C)(C)C. The van der Waals surface area contributed by atoms with E-state index in [0.717, 1.165) is 23.7 Å². The van der Waals surface area contributed by atoms with Crippen LogP contribution in [0.1, 0.15) is 34.1 Å². The van der Waals surface area contributed by atoms with Crippen molar-refractivity contribution >= 4 is 0 Å². The van der Waals surface area contributed by atoms with Gasteiger partial charge in [-0.1, -0.05) is 27.7 Å². The molecule has 0 nitrogen and oxygen atoms in total. The summed E-state index contributed by atoms with van der Waals surface area (Å²) < 4.78 is 0. The van der Waals surface area contributed by atoms with E-state index in [4.69, 9.17) is 0 Å². The topological polar surface area (TPSA) is 0 Å². The van der Waals surface area contributed by atoms with Gasteiger partial charge >= 0.3 is 0 Å². The van der Waals surface area contributed by atoms with Crippen molar-refractivity contribution in [1.82, 2.24) is 0 Å². The third-order valence-electron chi connectivity index (χ3n) is 3.82. The highest BCUT2D eigenvalue weighted by Gasteiger charge is 2.61. The maximum Gasteiger partial charge on any atom is -0.0303 e. The Morgan fingerprint density at radius 1 is 1.10 bits per heavy atom. The van der Waals surface area contributed by atoms with Gasteiger partial charge in [0.25, 0.3) is 0 Å². The predicted octanol–water partition coefficient (Wildman–Crippen LogP) is 2.93. The summed E-state index contributed by atoms with van der Waals surface area (Å²) in [6.07, 6.45) is 1.54. The molecule has 0 heterocycles. The summed E-state index contributed by atoms with van der Waals surface area (Å²) in [7, 11) is 0. The van der Waals surface area contributed by atoms with Gasteiger partial charge in [0.1, 0.15) is 0 Å². The fourth-order valence-electron chi connectivity index (χ4n) is 3.07. The summed E-state index contributed by atoms with van der Waals surface area (Å²) in [5, 5.41) is 0. The Morgan fingerprint density at radius 2 is 1.60 bits per heavy atom. The standard InChI is InChI=1S/C10H18/c1-6-7-5-8(6)9(7)10(2,3)4/h6-9H,5H2,1-4H3. The van der Waals surface area contributed by atoms with Crippen molar-refractivity contribution in [2.45, 2.75) is 34.1 Å². The molecule has 10 heavy (non-hydrogen) atoms. The molecule has 2 unspecified atom stereocenters. The van der Waals surface area contributed by atoms with Crippen LogP contribution < -0.4 is 0 Å². The van der Waals surface area contributed by atoms with E-state index in [-0.39, 0.29) is 0 Å². The minimum atomic E-state index is 0.597. The minimum absolute atomic E-state index is 0.597. The summed E-state index contributed by atoms with van der Waals surface area (Å²) in [5.74, 6) is 4.35. The maximum atomic E-state index is 2.42. The lowest BCUT2D eigenvalue weighted by molar-refractivity contribution is -0.199. The second-order valence-electron chi connectivity index (χ2n) is 5.31. The van der Waals surface area contributed by atoms with Gasteiger partial charge in [0, 0.05) is 0 Å². The van der Waals surface area contributed by atoms with Crippen LogP contribution in [0.2, 0.25) is 0 Å². The molecular weight excluding hydrogens is 120 g/mol. The third kappa shape index (κ3) is 0.580. The van der Waals surface area contributed by atoms with Crippen LogP contribution in [0.5, 0.6) is 0 Å². The van der Waals surface area contributed by atoms with E-state index in [1.807, 2.05) is 0 Å². The molecule has 3 saturated carbocycles. The Bertz CT molecular complexity index is 142. The van der Waals surface area contributed by atoms with Crippen molar-refractivity contribution < 1.29 is 0 Å². The smallest absolute Gasteiger partial charge is 0.0303 e. The van der Waals surface area contributed by atoms with Crippen LogP contribution in [0.25, 0.3) is 0 Å². The van der Waals surface area contributed by atoms with Crippen molar-refractivity contribution in [3.8, 4) is 0 Å². The number of hydrogen-bond donors (Lipinski definition) is 0. The zero-order chi connectivity index (χ0) is 7.52. The highest BCUT2D eigenvalue weighted by molar-refractivity contribution is 5.10. The van der Waals surface area contributed by atoms with Gasteiger partial charge in [0.05, 0.1) is 0 Å². The second kappa shape index (κ2) is 1.60. The molecule has 0 aromatic rings. The summed E-state index contributed by atoms with van der Waals surface area (Å²) in [4.78, 5) is 0. The van der Waals surface area contributed by atoms with Gasteiger partial charge in [-0.2, -0.15) is 0 Å². The molecule has 58 valence electrons. The third-order valence-corrected chi connectivity index (χ3v) is 3.82. The highest BCUT2D eigenvalue weighted by Crippen LogP contribution is 2.68. The van der Waals surface area contributed by atoms with Gasteiger partial charge in [-0.3, -0.25) is 0 Å². The molecule has 3 aliphatic rings. The first kappa shape index (κ1) is 6.69. The lowest BCUT2D eigenvalue weighted by Gasteiger charge is -2.68. The molecule has 0 aromatic heterocycles. The van der Waals surface area contributed by atoms with Crippen molar-refractivity contribution in [2.75, 3.05) is 0 Å². The molecule has 0 saturated heterocycles. The molecule has 0 spiro atoms. The van der Waals surface area contributed by atoms with Crippen LogP contribution in [0, 0.1) is 29.1 Å². The van der Waals surface area contributed by atoms with E-state index in [1.165, 1.54) is 0 Å². The average molecular weight is 138 g/mol. The van der Waals surface area contributed by atoms with E-state index >= 15 is 0 Å². The van der Waals surface area contributed by atoms with Crippen LogP contribution >= 0.6 is 0 Å². The van der Waals surface area contributed by atoms with Crippen LogP contribution in [-0.2, 0) is 0 Å². The summed E-state index contributed by atoms with van der Waals surface area (Å²) in [6.45, 7) is 9.59. The van der Waals surface area contributed by atoms with E-state index < -0.39 is 0 Å². The van der Waals surface area contributed by atoms with Gasteiger partial charge < -0.3 is 0 Å². The van der Waals surface area contributed by atoms with Crippen LogP contribution in [0.15, 0.2) is 0 Å². The van der Waals surface area contributed by atoms with E-state index in [2.05, 4.69) is 27.7 Å². The molecule has 0 amide bonds. The van der Waals surface area contributed by atoms with E-state index in [1.54, 1.807) is 6.42 Å². The fourth-order valence-corrected chi connectivity index (χ4v) is 3.07. The molecule has 3 aliphatic carbocycles. The second-order valence-corrected chi connectivity index (χ2v) is 5.31. The highest BCUT2D eigenvalue weighted by atomic mass is 14.7. The van der Waals surface area contributed by atoms with Crippen LogP contribution in [0.3, 0.4) is 0 Å². The van der Waals surface area contributed by atoms with Crippen LogP contribution in [-0.4, -0.2) is 0 Å². The van der Waals surface area contributed by atoms with Gasteiger partial charge in [0.15, 0.2) is 0 Å². The van der Waals surface area contributed by atoms with Gasteiger partial charge in [-0.05, 0) is 35.5 Å². The molecule has 0 heteroatoms. The molecule has 0 aromatic carbocycles. The van der Waals surface area contributed by atoms with Gasteiger partial charge in [-0.15, -0.1) is 0 Å². The fraction of sp³-hybridized carbons (Fsp3) is 1.00. The Balaban J connectivity index is 2.02. The predicted molar refractivity (Wildman–Crippen MR) is 43.7 cm³/mol. The molecule has 2 bridgehead atoms. The Kier molecular flexibility index (Phi) is 1.07. The lowest BCUT2D eigenvalue weighted by Crippen LogP contribution is -2.62. The van der Waals surface area contributed by atoms with Crippen molar-refractivity contribution in [3.05, 3.63) is 0 Å². The molecule has 3 rings (SSSR count). The minimum Gasteiger partial charge on any atom is -0.0620 e. The molecule has 0 aliphatic heterocycles. The molecular formula is C10H18. The number of rotatable bonds is 0. The first-order valence-electron chi connectivity index (χ1n) is 4.52. The van der Waals surface area contributed by atoms with Gasteiger partial charge in [0.2, 0.25) is 0 Å². The monoisotopic (exact) mass is 138 g/mol. The summed E-state index contributed by atoms with van der Waals surface area (Å²) in [5.41, 5.74) is 0.597. The first-order valence-corrected chi connectivity index (χ1v) is 4.52. The zero-order valence-electron chi connectivity index (χ0n) is 7.52. The van der Waals surface area contributed by atoms with Crippen LogP contribution in [0.4, 0.5) is 0 Å². The van der Waals surface area contributed by atoms with Gasteiger partial charge in [-0.25, -0.2) is 0 Å². The maximum absolute atomic E-state index is 2.42. The Labute approximate surface area is 64.0 Å². The normalized spacial score (nSPS) is 51.6. The first-order chi connectivity index (χ1) is 4.52. The van der Waals surface area contributed by atoms with Crippen molar-refractivity contribution in [1.29, 1.82) is 0 Å². The van der Waals surface area contributed by atoms with Crippen molar-refractivity contribution in [3.63, 3.8) is 0 Å². The quantitative estimate of drug-likeness (QED) is 0.483. The lowest BCUT2D eigenvalue weighted by atomic mass is 9.37. The summed E-state index contributed by atoms with van der Waals surface area (Å²) in [6, 6.07) is 0. The molecule has 3 fully saturated rings. The summed E-state index contributed by atoms with van der Waals surface area (Å²) >= 11 is 0. The Hall–Kier alpha value is 0. The zero-order valence-corrected chi connectivity index (χ0v) is 7.52. The van der Waals surface area contributed by atoms with Crippen molar-refractivity contribution in [2.24, 2.45) is 29.1 Å². The molecule has 0 N–H and O–H groups in total. The Morgan fingerprint density at radius 3 is 1.70 bits per heavy atom. The molecule has 2 atom stereocenters. The number of hydrogen-bond acceptors (Lipinski definition) is 0. The largest absolute Gasteiger partial charge is 0.0620 e. The average Bonchev–Trinajstić information content (AvgIpc) is 1.55. The van der Waals surface area contributed by atoms with E-state index in [9.17, 15) is 0 Å². The molecule has 0 radical (unpaired) electrons. The van der Waals surface area contributed by atoms with E-state index in [0.29, 0.717) is 5.41 Å².